The van der Waals surface area contributed by atoms with E-state index in [2.05, 4.69) is 15.5 Å². The predicted molar refractivity (Wildman–Crippen MR) is 79.7 cm³/mol. The first-order chi connectivity index (χ1) is 9.58. The average molecular weight is 311 g/mol. The highest BCUT2D eigenvalue weighted by Crippen LogP contribution is 2.18. The summed E-state index contributed by atoms with van der Waals surface area (Å²) in [6.07, 6.45) is 0. The molecule has 8 heteroatoms. The minimum Gasteiger partial charge on any atom is -0.340 e. The quantitative estimate of drug-likeness (QED) is 0.764. The van der Waals surface area contributed by atoms with Crippen LogP contribution in [0, 0.1) is 0 Å². The standard InChI is InChI=1S/C12H17N5OS2/c1-9(2)17-12(13-14-15-17)20-8-11(18)16(3)7-10-5-4-6-19-10/h4-6,9H,7-8H2,1-3H3. The van der Waals surface area contributed by atoms with E-state index < -0.39 is 0 Å². The molecule has 0 aliphatic rings. The van der Waals surface area contributed by atoms with Gasteiger partial charge in [0.25, 0.3) is 0 Å². The fourth-order valence-corrected chi connectivity index (χ4v) is 3.27. The van der Waals surface area contributed by atoms with Crippen LogP contribution in [0.1, 0.15) is 24.8 Å². The summed E-state index contributed by atoms with van der Waals surface area (Å²) in [6.45, 7) is 4.66. The first-order valence-electron chi connectivity index (χ1n) is 6.25. The summed E-state index contributed by atoms with van der Waals surface area (Å²) in [5.74, 6) is 0.413. The number of tetrazole rings is 1. The van der Waals surface area contributed by atoms with Gasteiger partial charge in [-0.3, -0.25) is 4.79 Å². The second kappa shape index (κ2) is 6.85. The minimum absolute atomic E-state index is 0.0710. The molecule has 0 saturated heterocycles. The SMILES string of the molecule is CC(C)n1nnnc1SCC(=O)N(C)Cc1cccs1. The Morgan fingerprint density at radius 3 is 3.00 bits per heavy atom. The molecule has 2 aromatic rings. The zero-order chi connectivity index (χ0) is 14.5. The molecule has 1 amide bonds. The lowest BCUT2D eigenvalue weighted by Crippen LogP contribution is -2.27. The number of aromatic nitrogens is 4. The van der Waals surface area contributed by atoms with Crippen molar-refractivity contribution in [2.45, 2.75) is 31.6 Å². The summed E-state index contributed by atoms with van der Waals surface area (Å²) < 4.78 is 1.72. The zero-order valence-electron chi connectivity index (χ0n) is 11.7. The Bertz CT molecular complexity index is 552. The number of thioether (sulfide) groups is 1. The molecule has 20 heavy (non-hydrogen) atoms. The van der Waals surface area contributed by atoms with Gasteiger partial charge in [0.2, 0.25) is 11.1 Å². The first-order valence-corrected chi connectivity index (χ1v) is 8.11. The normalized spacial score (nSPS) is 11.0. The number of hydrogen-bond acceptors (Lipinski definition) is 6. The second-order valence-corrected chi connectivity index (χ2v) is 6.59. The molecule has 0 spiro atoms. The second-order valence-electron chi connectivity index (χ2n) is 4.62. The molecule has 0 saturated carbocycles. The maximum Gasteiger partial charge on any atom is 0.233 e. The van der Waals surface area contributed by atoms with Crippen molar-refractivity contribution in [3.05, 3.63) is 22.4 Å². The van der Waals surface area contributed by atoms with E-state index in [1.807, 2.05) is 38.4 Å². The van der Waals surface area contributed by atoms with Gasteiger partial charge in [0.05, 0.1) is 18.3 Å². The van der Waals surface area contributed by atoms with Crippen molar-refractivity contribution in [2.75, 3.05) is 12.8 Å². The minimum atomic E-state index is 0.0710. The summed E-state index contributed by atoms with van der Waals surface area (Å²) >= 11 is 3.02. The van der Waals surface area contributed by atoms with Crippen molar-refractivity contribution in [1.29, 1.82) is 0 Å². The van der Waals surface area contributed by atoms with Crippen molar-refractivity contribution in [2.24, 2.45) is 0 Å². The molecule has 2 rings (SSSR count). The van der Waals surface area contributed by atoms with Crippen LogP contribution in [0.2, 0.25) is 0 Å². The van der Waals surface area contributed by atoms with Gasteiger partial charge in [0.15, 0.2) is 0 Å². The van der Waals surface area contributed by atoms with Crippen LogP contribution in [0.4, 0.5) is 0 Å². The summed E-state index contributed by atoms with van der Waals surface area (Å²) in [5, 5.41) is 14.2. The van der Waals surface area contributed by atoms with Crippen molar-refractivity contribution in [3.8, 4) is 0 Å². The molecule has 0 atom stereocenters. The lowest BCUT2D eigenvalue weighted by Gasteiger charge is -2.15. The van der Waals surface area contributed by atoms with Crippen molar-refractivity contribution in [1.82, 2.24) is 25.1 Å². The van der Waals surface area contributed by atoms with E-state index in [0.29, 0.717) is 17.5 Å². The Morgan fingerprint density at radius 1 is 1.55 bits per heavy atom. The van der Waals surface area contributed by atoms with E-state index in [1.165, 1.54) is 16.6 Å². The van der Waals surface area contributed by atoms with Gasteiger partial charge in [-0.2, -0.15) is 0 Å². The first kappa shape index (κ1) is 15.0. The molecule has 0 fully saturated rings. The van der Waals surface area contributed by atoms with Gasteiger partial charge in [0.1, 0.15) is 0 Å². The average Bonchev–Trinajstić information content (AvgIpc) is 3.06. The van der Waals surface area contributed by atoms with Gasteiger partial charge in [-0.05, 0) is 35.7 Å². The maximum absolute atomic E-state index is 12.1. The van der Waals surface area contributed by atoms with Crippen molar-refractivity contribution >= 4 is 29.0 Å². The molecular weight excluding hydrogens is 294 g/mol. The number of carbonyl (C=O) groups excluding carboxylic acids is 1. The van der Waals surface area contributed by atoms with E-state index in [-0.39, 0.29) is 11.9 Å². The van der Waals surface area contributed by atoms with Crippen LogP contribution in [0.3, 0.4) is 0 Å². The van der Waals surface area contributed by atoms with Crippen LogP contribution >= 0.6 is 23.1 Å². The highest BCUT2D eigenvalue weighted by atomic mass is 32.2. The lowest BCUT2D eigenvalue weighted by atomic mass is 10.4. The highest BCUT2D eigenvalue weighted by molar-refractivity contribution is 7.99. The number of rotatable bonds is 6. The van der Waals surface area contributed by atoms with Gasteiger partial charge in [-0.25, -0.2) is 4.68 Å². The van der Waals surface area contributed by atoms with Crippen LogP contribution in [-0.4, -0.2) is 43.8 Å². The molecule has 2 aromatic heterocycles. The summed E-state index contributed by atoms with van der Waals surface area (Å²) in [4.78, 5) is 15.0. The predicted octanol–water partition coefficient (Wildman–Crippen LogP) is 2.07. The van der Waals surface area contributed by atoms with Crippen LogP contribution < -0.4 is 0 Å². The third kappa shape index (κ3) is 3.80. The zero-order valence-corrected chi connectivity index (χ0v) is 13.3. The van der Waals surface area contributed by atoms with Gasteiger partial charge in [0, 0.05) is 11.9 Å². The van der Waals surface area contributed by atoms with Crippen LogP contribution in [0.15, 0.2) is 22.7 Å². The molecular formula is C12H17N5OS2. The van der Waals surface area contributed by atoms with Gasteiger partial charge in [-0.1, -0.05) is 17.8 Å². The number of carbonyl (C=O) groups is 1. The van der Waals surface area contributed by atoms with Crippen LogP contribution in [0.5, 0.6) is 0 Å². The van der Waals surface area contributed by atoms with Crippen molar-refractivity contribution < 1.29 is 4.79 Å². The van der Waals surface area contributed by atoms with Crippen LogP contribution in [-0.2, 0) is 11.3 Å². The molecule has 0 aliphatic carbocycles. The number of hydrogen-bond donors (Lipinski definition) is 0. The Kier molecular flexibility index (Phi) is 5.13. The van der Waals surface area contributed by atoms with E-state index in [4.69, 9.17) is 0 Å². The molecule has 0 aromatic carbocycles. The molecule has 0 unspecified atom stereocenters. The van der Waals surface area contributed by atoms with Crippen LogP contribution in [0.25, 0.3) is 0 Å². The van der Waals surface area contributed by atoms with E-state index in [0.717, 1.165) is 0 Å². The van der Waals surface area contributed by atoms with E-state index in [1.54, 1.807) is 20.9 Å². The molecule has 0 radical (unpaired) electrons. The summed E-state index contributed by atoms with van der Waals surface area (Å²) in [5.41, 5.74) is 0. The maximum atomic E-state index is 12.1. The topological polar surface area (TPSA) is 63.9 Å². The highest BCUT2D eigenvalue weighted by Gasteiger charge is 2.14. The number of nitrogens with zero attached hydrogens (tertiary/aromatic N) is 5. The summed E-state index contributed by atoms with van der Waals surface area (Å²) in [7, 11) is 1.81. The van der Waals surface area contributed by atoms with Gasteiger partial charge >= 0.3 is 0 Å². The molecule has 0 bridgehead atoms. The molecule has 108 valence electrons. The molecule has 0 aliphatic heterocycles. The fourth-order valence-electron chi connectivity index (χ4n) is 1.57. The Balaban J connectivity index is 1.87. The smallest absolute Gasteiger partial charge is 0.233 e. The van der Waals surface area contributed by atoms with Crippen molar-refractivity contribution in [3.63, 3.8) is 0 Å². The van der Waals surface area contributed by atoms with Gasteiger partial charge < -0.3 is 4.90 Å². The lowest BCUT2D eigenvalue weighted by molar-refractivity contribution is -0.127. The number of thiophene rings is 1. The van der Waals surface area contributed by atoms with Gasteiger partial charge in [-0.15, -0.1) is 16.4 Å². The monoisotopic (exact) mass is 311 g/mol. The fraction of sp³-hybridized carbons (Fsp3) is 0.500. The molecule has 6 nitrogen and oxygen atoms in total. The third-order valence-electron chi connectivity index (χ3n) is 2.68. The van der Waals surface area contributed by atoms with E-state index >= 15 is 0 Å². The molecule has 2 heterocycles. The van der Waals surface area contributed by atoms with E-state index in [9.17, 15) is 4.79 Å². The number of amides is 1. The largest absolute Gasteiger partial charge is 0.340 e. The third-order valence-corrected chi connectivity index (χ3v) is 4.45. The Morgan fingerprint density at radius 2 is 2.35 bits per heavy atom. The Labute approximate surface area is 126 Å². The molecule has 0 N–H and O–H groups in total. The summed E-state index contributed by atoms with van der Waals surface area (Å²) in [6, 6.07) is 4.21. The Hall–Kier alpha value is -1.41.